The largest absolute Gasteiger partial charge is 0.488 e. The van der Waals surface area contributed by atoms with Gasteiger partial charge in [0.15, 0.2) is 0 Å². The molecule has 2 aromatic heterocycles. The number of hydrogen-bond donors (Lipinski definition) is 1. The zero-order valence-corrected chi connectivity index (χ0v) is 17.0. The van der Waals surface area contributed by atoms with E-state index in [2.05, 4.69) is 15.3 Å². The molecule has 0 radical (unpaired) electrons. The molecule has 0 atom stereocenters. The van der Waals surface area contributed by atoms with Crippen molar-refractivity contribution < 1.29 is 18.3 Å². The fourth-order valence-corrected chi connectivity index (χ4v) is 3.67. The van der Waals surface area contributed by atoms with Crippen LogP contribution in [0.5, 0.6) is 5.75 Å². The number of ether oxygens (including phenoxy) is 1. The summed E-state index contributed by atoms with van der Waals surface area (Å²) in [5, 5.41) is 5.10. The molecule has 0 aliphatic heterocycles. The predicted molar refractivity (Wildman–Crippen MR) is 114 cm³/mol. The van der Waals surface area contributed by atoms with Gasteiger partial charge in [-0.05, 0) is 42.0 Å². The Morgan fingerprint density at radius 2 is 1.87 bits per heavy atom. The van der Waals surface area contributed by atoms with Gasteiger partial charge in [0.25, 0.3) is 5.91 Å². The number of hydrogen-bond acceptors (Lipinski definition) is 5. The molecule has 0 saturated heterocycles. The topological polar surface area (TPSA) is 64.1 Å². The normalized spacial score (nSPS) is 10.6. The molecule has 2 aromatic carbocycles. The van der Waals surface area contributed by atoms with Gasteiger partial charge >= 0.3 is 0 Å². The lowest BCUT2D eigenvalue weighted by Gasteiger charge is -2.10. The molecule has 0 unspecified atom stereocenters. The van der Waals surface area contributed by atoms with Crippen LogP contribution in [0.1, 0.15) is 21.6 Å². The molecule has 0 saturated carbocycles. The van der Waals surface area contributed by atoms with Crippen LogP contribution in [0.4, 0.5) is 8.78 Å². The van der Waals surface area contributed by atoms with Gasteiger partial charge in [0.1, 0.15) is 34.7 Å². The summed E-state index contributed by atoms with van der Waals surface area (Å²) < 4.78 is 32.7. The molecule has 2 heterocycles. The van der Waals surface area contributed by atoms with Crippen LogP contribution in [0.15, 0.2) is 72.4 Å². The fourth-order valence-electron chi connectivity index (χ4n) is 2.84. The number of halogens is 2. The minimum absolute atomic E-state index is 0.0617. The maximum absolute atomic E-state index is 13.9. The second-order valence-electron chi connectivity index (χ2n) is 6.60. The quantitative estimate of drug-likeness (QED) is 0.442. The average Bonchev–Trinajstić information content (AvgIpc) is 3.28. The number of carbonyl (C=O) groups excluding carboxylic acids is 1. The Kier molecular flexibility index (Phi) is 6.28. The third-order valence-corrected chi connectivity index (χ3v) is 5.33. The van der Waals surface area contributed by atoms with Crippen LogP contribution < -0.4 is 10.1 Å². The van der Waals surface area contributed by atoms with E-state index in [9.17, 15) is 13.6 Å². The number of pyridine rings is 1. The van der Waals surface area contributed by atoms with Crippen molar-refractivity contribution in [1.29, 1.82) is 0 Å². The second-order valence-corrected chi connectivity index (χ2v) is 7.45. The summed E-state index contributed by atoms with van der Waals surface area (Å²) in [6.45, 7) is 0.310. The van der Waals surface area contributed by atoms with Crippen LogP contribution >= 0.6 is 11.3 Å². The first kappa shape index (κ1) is 20.6. The van der Waals surface area contributed by atoms with E-state index in [1.165, 1.54) is 23.5 Å². The van der Waals surface area contributed by atoms with Crippen molar-refractivity contribution in [2.45, 2.75) is 13.2 Å². The second kappa shape index (κ2) is 9.44. The highest BCUT2D eigenvalue weighted by atomic mass is 32.1. The number of nitrogens with zero attached hydrogens (tertiary/aromatic N) is 2. The lowest BCUT2D eigenvalue weighted by atomic mass is 10.2. The summed E-state index contributed by atoms with van der Waals surface area (Å²) in [5.74, 6) is -1.10. The van der Waals surface area contributed by atoms with Gasteiger partial charge in [-0.25, -0.2) is 13.8 Å². The maximum atomic E-state index is 13.9. The van der Waals surface area contributed by atoms with E-state index in [4.69, 9.17) is 4.74 Å². The molecular formula is C23H17F2N3O2S. The van der Waals surface area contributed by atoms with E-state index in [-0.39, 0.29) is 18.1 Å². The monoisotopic (exact) mass is 437 g/mol. The van der Waals surface area contributed by atoms with Crippen LogP contribution in [0.25, 0.3) is 10.6 Å². The third-order valence-electron chi connectivity index (χ3n) is 4.46. The number of thiazole rings is 1. The van der Waals surface area contributed by atoms with Crippen molar-refractivity contribution >= 4 is 17.2 Å². The lowest BCUT2D eigenvalue weighted by Crippen LogP contribution is -2.23. The van der Waals surface area contributed by atoms with Crippen molar-refractivity contribution in [2.75, 3.05) is 0 Å². The Hall–Kier alpha value is -3.65. The lowest BCUT2D eigenvalue weighted by molar-refractivity contribution is 0.0946. The molecule has 0 spiro atoms. The first-order chi connectivity index (χ1) is 15.1. The molecule has 4 rings (SSSR count). The van der Waals surface area contributed by atoms with Crippen LogP contribution in [-0.4, -0.2) is 15.9 Å². The number of benzene rings is 2. The Morgan fingerprint density at radius 1 is 1.06 bits per heavy atom. The highest BCUT2D eigenvalue weighted by Gasteiger charge is 2.15. The summed E-state index contributed by atoms with van der Waals surface area (Å²) in [5.41, 5.74) is 2.16. The highest BCUT2D eigenvalue weighted by molar-refractivity contribution is 7.13. The van der Waals surface area contributed by atoms with Gasteiger partial charge in [-0.2, -0.15) is 0 Å². The molecule has 0 aliphatic rings. The molecule has 0 fully saturated rings. The number of para-hydroxylation sites is 1. The van der Waals surface area contributed by atoms with Gasteiger partial charge < -0.3 is 10.1 Å². The molecule has 0 bridgehead atoms. The van der Waals surface area contributed by atoms with Crippen LogP contribution in [-0.2, 0) is 13.2 Å². The van der Waals surface area contributed by atoms with Crippen molar-refractivity contribution in [3.05, 3.63) is 101 Å². The Balaban J connectivity index is 1.46. The van der Waals surface area contributed by atoms with Gasteiger partial charge in [0.05, 0.1) is 5.56 Å². The van der Waals surface area contributed by atoms with Gasteiger partial charge in [-0.3, -0.25) is 9.78 Å². The molecule has 4 aromatic rings. The Labute approximate surface area is 181 Å². The van der Waals surface area contributed by atoms with E-state index in [1.54, 1.807) is 29.9 Å². The predicted octanol–water partition coefficient (Wildman–Crippen LogP) is 4.99. The third kappa shape index (κ3) is 5.10. The molecule has 1 N–H and O–H groups in total. The minimum Gasteiger partial charge on any atom is -0.488 e. The molecular weight excluding hydrogens is 420 g/mol. The fraction of sp³-hybridized carbons (Fsp3) is 0.0870. The van der Waals surface area contributed by atoms with Gasteiger partial charge in [0, 0.05) is 35.9 Å². The van der Waals surface area contributed by atoms with Crippen LogP contribution in [0, 0.1) is 11.6 Å². The van der Waals surface area contributed by atoms with E-state index >= 15 is 0 Å². The van der Waals surface area contributed by atoms with Crippen molar-refractivity contribution in [2.24, 2.45) is 0 Å². The molecule has 1 amide bonds. The number of rotatable bonds is 7. The molecule has 156 valence electrons. The Morgan fingerprint density at radius 3 is 2.68 bits per heavy atom. The van der Waals surface area contributed by atoms with Crippen LogP contribution in [0.3, 0.4) is 0 Å². The summed E-state index contributed by atoms with van der Waals surface area (Å²) in [6.07, 6.45) is 3.33. The van der Waals surface area contributed by atoms with Gasteiger partial charge in [-0.1, -0.05) is 12.1 Å². The molecule has 5 nitrogen and oxygen atoms in total. The number of amides is 1. The summed E-state index contributed by atoms with van der Waals surface area (Å²) >= 11 is 1.31. The summed E-state index contributed by atoms with van der Waals surface area (Å²) in [4.78, 5) is 20.8. The van der Waals surface area contributed by atoms with Crippen LogP contribution in [0.2, 0.25) is 0 Å². The van der Waals surface area contributed by atoms with Gasteiger partial charge in [-0.15, -0.1) is 11.3 Å². The number of carbonyl (C=O) groups is 1. The Bertz CT molecular complexity index is 1200. The first-order valence-electron chi connectivity index (χ1n) is 9.39. The van der Waals surface area contributed by atoms with E-state index in [1.807, 2.05) is 24.3 Å². The van der Waals surface area contributed by atoms with E-state index in [0.717, 1.165) is 11.6 Å². The van der Waals surface area contributed by atoms with Crippen molar-refractivity contribution in [3.8, 4) is 16.3 Å². The van der Waals surface area contributed by atoms with Gasteiger partial charge in [0.2, 0.25) is 0 Å². The SMILES string of the molecule is O=C(NCc1ccncc1)c1csc(-c2ccccc2OCc2ccc(F)cc2F)n1. The number of aromatic nitrogens is 2. The van der Waals surface area contributed by atoms with Crippen molar-refractivity contribution in [3.63, 3.8) is 0 Å². The zero-order valence-electron chi connectivity index (χ0n) is 16.2. The van der Waals surface area contributed by atoms with E-state index < -0.39 is 11.6 Å². The maximum Gasteiger partial charge on any atom is 0.271 e. The first-order valence-corrected chi connectivity index (χ1v) is 10.3. The average molecular weight is 437 g/mol. The molecule has 31 heavy (non-hydrogen) atoms. The molecule has 0 aliphatic carbocycles. The van der Waals surface area contributed by atoms with Crippen molar-refractivity contribution in [1.82, 2.24) is 15.3 Å². The minimum atomic E-state index is -0.667. The smallest absolute Gasteiger partial charge is 0.271 e. The highest BCUT2D eigenvalue weighted by Crippen LogP contribution is 2.32. The summed E-state index contributed by atoms with van der Waals surface area (Å²) in [6, 6.07) is 14.2. The summed E-state index contributed by atoms with van der Waals surface area (Å²) in [7, 11) is 0. The molecule has 8 heteroatoms. The zero-order chi connectivity index (χ0) is 21.6. The van der Waals surface area contributed by atoms with E-state index in [0.29, 0.717) is 28.6 Å². The number of nitrogens with one attached hydrogen (secondary N) is 1. The standard InChI is InChI=1S/C23H17F2N3O2S/c24-17-6-5-16(19(25)11-17)13-30-21-4-2-1-3-18(21)23-28-20(14-31-23)22(29)27-12-15-7-9-26-10-8-15/h1-11,14H,12-13H2,(H,27,29).